The van der Waals surface area contributed by atoms with Crippen molar-refractivity contribution in [3.8, 4) is 12.1 Å². The zero-order chi connectivity index (χ0) is 17.7. The maximum Gasteiger partial charge on any atom is 0.269 e. The highest BCUT2D eigenvalue weighted by Crippen LogP contribution is 2.33. The van der Waals surface area contributed by atoms with Crippen molar-refractivity contribution in [2.45, 2.75) is 12.3 Å². The number of rotatable bonds is 6. The monoisotopic (exact) mass is 403 g/mol. The smallest absolute Gasteiger partial charge is 0.269 e. The molecule has 1 aromatic heterocycles. The second-order valence-electron chi connectivity index (χ2n) is 4.92. The highest BCUT2D eigenvalue weighted by atomic mass is 79.9. The van der Waals surface area contributed by atoms with E-state index in [0.29, 0.717) is 14.9 Å². The number of halogens is 1. The van der Waals surface area contributed by atoms with Gasteiger partial charge in [-0.25, -0.2) is 0 Å². The zero-order valence-corrected chi connectivity index (χ0v) is 14.6. The van der Waals surface area contributed by atoms with Gasteiger partial charge in [-0.2, -0.15) is 10.5 Å². The second kappa shape index (κ2) is 7.82. The number of nitrogens with zero attached hydrogens (tertiary/aromatic N) is 3. The van der Waals surface area contributed by atoms with Gasteiger partial charge in [0, 0.05) is 28.9 Å². The number of hydrogen-bond acceptors (Lipinski definition) is 6. The number of nitro benzene ring substituents is 1. The molecule has 120 valence electrons. The molecule has 0 N–H and O–H groups in total. The van der Waals surface area contributed by atoms with Gasteiger partial charge in [0.15, 0.2) is 5.78 Å². The third kappa shape index (κ3) is 3.85. The van der Waals surface area contributed by atoms with E-state index in [4.69, 9.17) is 0 Å². The Bertz CT molecular complexity index is 835. The molecule has 0 fully saturated rings. The number of nitriles is 2. The van der Waals surface area contributed by atoms with E-state index in [1.807, 2.05) is 12.1 Å². The van der Waals surface area contributed by atoms with Crippen molar-refractivity contribution in [2.75, 3.05) is 0 Å². The molecule has 0 spiro atoms. The quantitative estimate of drug-likeness (QED) is 0.402. The predicted molar refractivity (Wildman–Crippen MR) is 91.5 cm³/mol. The highest BCUT2D eigenvalue weighted by molar-refractivity contribution is 9.10. The maximum absolute atomic E-state index is 12.5. The number of ketones is 1. The van der Waals surface area contributed by atoms with Gasteiger partial charge in [0.1, 0.15) is 5.92 Å². The van der Waals surface area contributed by atoms with Crippen LogP contribution in [0.5, 0.6) is 0 Å². The van der Waals surface area contributed by atoms with Gasteiger partial charge in [0.2, 0.25) is 0 Å². The average Bonchev–Trinajstić information content (AvgIpc) is 3.01. The average molecular weight is 404 g/mol. The number of non-ortho nitro benzene ring substituents is 1. The number of thiophene rings is 1. The lowest BCUT2D eigenvalue weighted by molar-refractivity contribution is -0.384. The van der Waals surface area contributed by atoms with Crippen molar-refractivity contribution in [3.63, 3.8) is 0 Å². The van der Waals surface area contributed by atoms with Crippen LogP contribution in [-0.2, 0) is 0 Å². The van der Waals surface area contributed by atoms with E-state index in [1.165, 1.54) is 35.6 Å². The zero-order valence-electron chi connectivity index (χ0n) is 12.2. The van der Waals surface area contributed by atoms with Crippen molar-refractivity contribution in [1.29, 1.82) is 10.5 Å². The minimum Gasteiger partial charge on any atom is -0.293 e. The van der Waals surface area contributed by atoms with Gasteiger partial charge in [-0.3, -0.25) is 14.9 Å². The summed E-state index contributed by atoms with van der Waals surface area (Å²) in [5.41, 5.74) is 0.463. The van der Waals surface area contributed by atoms with E-state index in [0.717, 1.165) is 0 Å². The molecule has 0 bridgehead atoms. The lowest BCUT2D eigenvalue weighted by Crippen LogP contribution is -2.14. The molecular formula is C16H10BrN3O3S. The molecule has 0 saturated carbocycles. The Kier molecular flexibility index (Phi) is 5.80. The molecule has 6 nitrogen and oxygen atoms in total. The molecule has 1 aromatic carbocycles. The third-order valence-electron chi connectivity index (χ3n) is 3.49. The number of nitro groups is 1. The molecule has 2 aromatic rings. The molecule has 24 heavy (non-hydrogen) atoms. The van der Waals surface area contributed by atoms with Crippen molar-refractivity contribution >= 4 is 38.7 Å². The van der Waals surface area contributed by atoms with Gasteiger partial charge in [-0.1, -0.05) is 12.1 Å². The fourth-order valence-electron chi connectivity index (χ4n) is 2.27. The topological polar surface area (TPSA) is 108 Å². The summed E-state index contributed by atoms with van der Waals surface area (Å²) in [6, 6.07) is 11.1. The molecule has 0 saturated heterocycles. The molecule has 1 unspecified atom stereocenters. The van der Waals surface area contributed by atoms with Gasteiger partial charge in [-0.05, 0) is 32.9 Å². The minimum atomic E-state index is -1.02. The van der Waals surface area contributed by atoms with Crippen LogP contribution in [0.25, 0.3) is 0 Å². The van der Waals surface area contributed by atoms with Crippen molar-refractivity contribution in [1.82, 2.24) is 0 Å². The van der Waals surface area contributed by atoms with Gasteiger partial charge in [-0.15, -0.1) is 11.3 Å². The molecule has 0 aliphatic heterocycles. The minimum absolute atomic E-state index is 0.0251. The summed E-state index contributed by atoms with van der Waals surface area (Å²) in [6.07, 6.45) is -0.0251. The molecule has 8 heteroatoms. The number of carbonyl (C=O) groups excluding carboxylic acids is 1. The first-order valence-corrected chi connectivity index (χ1v) is 8.45. The second-order valence-corrected chi connectivity index (χ2v) is 6.69. The first kappa shape index (κ1) is 17.8. The fraction of sp³-hybridized carbons (Fsp3) is 0.188. The van der Waals surface area contributed by atoms with E-state index >= 15 is 0 Å². The molecule has 1 heterocycles. The van der Waals surface area contributed by atoms with Crippen LogP contribution in [0.1, 0.15) is 27.6 Å². The summed E-state index contributed by atoms with van der Waals surface area (Å²) in [5.74, 6) is -1.85. The standard InChI is InChI=1S/C16H10BrN3O3S/c17-14-5-6-24-16(14)15(21)7-13(11(8-18)9-19)10-1-3-12(4-2-10)20(22)23/h1-6,11,13H,7H2. The van der Waals surface area contributed by atoms with Gasteiger partial charge < -0.3 is 0 Å². The number of benzene rings is 1. The Hall–Kier alpha value is -2.55. The van der Waals surface area contributed by atoms with Crippen LogP contribution in [-0.4, -0.2) is 10.7 Å². The Morgan fingerprint density at radius 2 is 1.88 bits per heavy atom. The number of hydrogen-bond donors (Lipinski definition) is 0. The van der Waals surface area contributed by atoms with Crippen LogP contribution in [0, 0.1) is 38.7 Å². The van der Waals surface area contributed by atoms with Gasteiger partial charge in [0.25, 0.3) is 5.69 Å². The van der Waals surface area contributed by atoms with E-state index < -0.39 is 16.8 Å². The van der Waals surface area contributed by atoms with Crippen LogP contribution >= 0.6 is 27.3 Å². The van der Waals surface area contributed by atoms with E-state index in [9.17, 15) is 25.4 Å². The summed E-state index contributed by atoms with van der Waals surface area (Å²) in [6.45, 7) is 0. The number of Topliss-reactive ketones (excluding diaryl/α,β-unsaturated/α-hetero) is 1. The summed E-state index contributed by atoms with van der Waals surface area (Å²) in [4.78, 5) is 23.2. The molecule has 1 atom stereocenters. The normalized spacial score (nSPS) is 11.5. The molecular weight excluding hydrogens is 394 g/mol. The summed E-state index contributed by atoms with van der Waals surface area (Å²) < 4.78 is 0.672. The Morgan fingerprint density at radius 3 is 2.33 bits per heavy atom. The molecule has 2 rings (SSSR count). The predicted octanol–water partition coefficient (Wildman–Crippen LogP) is 4.44. The summed E-state index contributed by atoms with van der Waals surface area (Å²) in [7, 11) is 0. The SMILES string of the molecule is N#CC(C#N)C(CC(=O)c1sccc1Br)c1ccc([N+](=O)[O-])cc1. The largest absolute Gasteiger partial charge is 0.293 e. The Balaban J connectivity index is 2.34. The Labute approximate surface area is 150 Å². The molecule has 0 amide bonds. The van der Waals surface area contributed by atoms with Crippen molar-refractivity contribution in [2.24, 2.45) is 5.92 Å². The van der Waals surface area contributed by atoms with E-state index in [-0.39, 0.29) is 17.9 Å². The fourth-order valence-corrected chi connectivity index (χ4v) is 3.81. The number of carbonyl (C=O) groups is 1. The van der Waals surface area contributed by atoms with Crippen LogP contribution in [0.4, 0.5) is 5.69 Å². The summed E-state index contributed by atoms with van der Waals surface area (Å²) >= 11 is 4.57. The van der Waals surface area contributed by atoms with Gasteiger partial charge >= 0.3 is 0 Å². The Morgan fingerprint density at radius 1 is 1.25 bits per heavy atom. The molecule has 0 radical (unpaired) electrons. The maximum atomic E-state index is 12.5. The lowest BCUT2D eigenvalue weighted by Gasteiger charge is -2.17. The first-order chi connectivity index (χ1) is 11.5. The van der Waals surface area contributed by atoms with Crippen LogP contribution in [0.3, 0.4) is 0 Å². The first-order valence-electron chi connectivity index (χ1n) is 6.77. The van der Waals surface area contributed by atoms with Gasteiger partial charge in [0.05, 0.1) is 21.9 Å². The van der Waals surface area contributed by atoms with E-state index in [2.05, 4.69) is 15.9 Å². The molecule has 0 aliphatic rings. The van der Waals surface area contributed by atoms with Crippen LogP contribution in [0.15, 0.2) is 40.2 Å². The summed E-state index contributed by atoms with van der Waals surface area (Å²) in [5, 5.41) is 30.9. The van der Waals surface area contributed by atoms with E-state index in [1.54, 1.807) is 11.4 Å². The third-order valence-corrected chi connectivity index (χ3v) is 5.37. The molecule has 0 aliphatic carbocycles. The highest BCUT2D eigenvalue weighted by Gasteiger charge is 2.27. The van der Waals surface area contributed by atoms with Crippen LogP contribution < -0.4 is 0 Å². The lowest BCUT2D eigenvalue weighted by atomic mass is 9.83. The van der Waals surface area contributed by atoms with Crippen LogP contribution in [0.2, 0.25) is 0 Å². The van der Waals surface area contributed by atoms with Crippen molar-refractivity contribution < 1.29 is 9.72 Å². The van der Waals surface area contributed by atoms with Crippen molar-refractivity contribution in [3.05, 3.63) is 60.7 Å².